The lowest BCUT2D eigenvalue weighted by molar-refractivity contribution is 0.102. The lowest BCUT2D eigenvalue weighted by Crippen LogP contribution is -2.11. The van der Waals surface area contributed by atoms with Crippen LogP contribution in [0.15, 0.2) is 60.0 Å². The number of carbonyl (C=O) groups is 1. The first-order chi connectivity index (χ1) is 11.8. The Balaban J connectivity index is 1.68. The van der Waals surface area contributed by atoms with Crippen molar-refractivity contribution in [3.8, 4) is 17.0 Å². The molecule has 0 spiro atoms. The van der Waals surface area contributed by atoms with E-state index < -0.39 is 0 Å². The van der Waals surface area contributed by atoms with E-state index in [0.717, 1.165) is 23.4 Å². The van der Waals surface area contributed by atoms with Gasteiger partial charge in [0.15, 0.2) is 5.13 Å². The van der Waals surface area contributed by atoms with Crippen LogP contribution in [0.3, 0.4) is 0 Å². The molecule has 0 fully saturated rings. The number of aromatic nitrogens is 1. The van der Waals surface area contributed by atoms with Crippen molar-refractivity contribution in [3.63, 3.8) is 0 Å². The van der Waals surface area contributed by atoms with Gasteiger partial charge in [-0.25, -0.2) is 4.98 Å². The Kier molecular flexibility index (Phi) is 5.23. The largest absolute Gasteiger partial charge is 0.494 e. The van der Waals surface area contributed by atoms with Crippen LogP contribution >= 0.6 is 11.3 Å². The maximum Gasteiger partial charge on any atom is 0.257 e. The van der Waals surface area contributed by atoms with Gasteiger partial charge in [-0.3, -0.25) is 10.1 Å². The van der Waals surface area contributed by atoms with Crippen molar-refractivity contribution in [1.82, 2.24) is 4.98 Å². The van der Waals surface area contributed by atoms with Crippen LogP contribution in [0.1, 0.15) is 23.7 Å². The van der Waals surface area contributed by atoms with Gasteiger partial charge in [0.2, 0.25) is 0 Å². The third-order valence-corrected chi connectivity index (χ3v) is 4.14. The maximum absolute atomic E-state index is 12.1. The minimum atomic E-state index is -0.153. The fraction of sp³-hybridized carbons (Fsp3) is 0.158. The number of thiazole rings is 1. The highest BCUT2D eigenvalue weighted by Gasteiger charge is 2.09. The summed E-state index contributed by atoms with van der Waals surface area (Å²) in [4.78, 5) is 16.6. The fourth-order valence-electron chi connectivity index (χ4n) is 2.16. The van der Waals surface area contributed by atoms with E-state index in [0.29, 0.717) is 17.3 Å². The quantitative estimate of drug-likeness (QED) is 0.699. The smallest absolute Gasteiger partial charge is 0.257 e. The molecule has 3 aromatic rings. The van der Waals surface area contributed by atoms with Gasteiger partial charge in [0.25, 0.3) is 5.91 Å². The zero-order chi connectivity index (χ0) is 16.8. The highest BCUT2D eigenvalue weighted by atomic mass is 32.1. The topological polar surface area (TPSA) is 51.2 Å². The summed E-state index contributed by atoms with van der Waals surface area (Å²) in [5.41, 5.74) is 2.45. The normalized spacial score (nSPS) is 10.4. The number of hydrogen-bond donors (Lipinski definition) is 1. The number of rotatable bonds is 6. The molecule has 4 nitrogen and oxygen atoms in total. The molecule has 3 rings (SSSR count). The van der Waals surface area contributed by atoms with Gasteiger partial charge >= 0.3 is 0 Å². The van der Waals surface area contributed by atoms with Crippen molar-refractivity contribution in [2.24, 2.45) is 0 Å². The molecule has 24 heavy (non-hydrogen) atoms. The van der Waals surface area contributed by atoms with Crippen LogP contribution in [-0.2, 0) is 0 Å². The molecule has 5 heteroatoms. The fourth-order valence-corrected chi connectivity index (χ4v) is 2.88. The highest BCUT2D eigenvalue weighted by molar-refractivity contribution is 7.14. The minimum absolute atomic E-state index is 0.153. The second kappa shape index (κ2) is 7.75. The summed E-state index contributed by atoms with van der Waals surface area (Å²) in [5.74, 6) is 0.702. The third kappa shape index (κ3) is 4.00. The predicted octanol–water partition coefficient (Wildman–Crippen LogP) is 4.85. The standard InChI is InChI=1S/C19H18N2O2S/c1-2-12-23-16-10-8-14(9-11-16)17-13-24-19(20-17)21-18(22)15-6-4-3-5-7-15/h3-11,13H,2,12H2,1H3,(H,20,21,22). The van der Waals surface area contributed by atoms with Crippen molar-refractivity contribution < 1.29 is 9.53 Å². The van der Waals surface area contributed by atoms with E-state index >= 15 is 0 Å². The molecule has 0 radical (unpaired) electrons. The molecule has 0 bridgehead atoms. The number of hydrogen-bond acceptors (Lipinski definition) is 4. The Morgan fingerprint density at radius 2 is 1.88 bits per heavy atom. The van der Waals surface area contributed by atoms with Gasteiger partial charge in [-0.05, 0) is 42.8 Å². The number of carbonyl (C=O) groups excluding carboxylic acids is 1. The Morgan fingerprint density at radius 1 is 1.12 bits per heavy atom. The Hall–Kier alpha value is -2.66. The Labute approximate surface area is 145 Å². The summed E-state index contributed by atoms with van der Waals surface area (Å²) in [6.07, 6.45) is 0.984. The van der Waals surface area contributed by atoms with E-state index in [1.165, 1.54) is 11.3 Å². The van der Waals surface area contributed by atoms with E-state index in [4.69, 9.17) is 4.74 Å². The number of nitrogens with one attached hydrogen (secondary N) is 1. The van der Waals surface area contributed by atoms with E-state index in [1.807, 2.05) is 47.8 Å². The molecular formula is C19H18N2O2S. The van der Waals surface area contributed by atoms with Gasteiger partial charge in [0.1, 0.15) is 5.75 Å². The molecule has 0 aliphatic heterocycles. The van der Waals surface area contributed by atoms with Gasteiger partial charge < -0.3 is 4.74 Å². The van der Waals surface area contributed by atoms with Crippen LogP contribution in [0.25, 0.3) is 11.3 Å². The third-order valence-electron chi connectivity index (χ3n) is 3.38. The van der Waals surface area contributed by atoms with Crippen molar-refractivity contribution in [2.75, 3.05) is 11.9 Å². The van der Waals surface area contributed by atoms with E-state index in [2.05, 4.69) is 17.2 Å². The summed E-state index contributed by atoms with van der Waals surface area (Å²) in [7, 11) is 0. The van der Waals surface area contributed by atoms with Gasteiger partial charge in [0.05, 0.1) is 12.3 Å². The zero-order valence-electron chi connectivity index (χ0n) is 13.4. The molecule has 122 valence electrons. The van der Waals surface area contributed by atoms with Crippen molar-refractivity contribution in [3.05, 3.63) is 65.5 Å². The molecule has 0 saturated carbocycles. The molecule has 0 saturated heterocycles. The van der Waals surface area contributed by atoms with Crippen LogP contribution in [0.2, 0.25) is 0 Å². The molecule has 1 heterocycles. The molecule has 0 atom stereocenters. The maximum atomic E-state index is 12.1. The average molecular weight is 338 g/mol. The second-order valence-electron chi connectivity index (χ2n) is 5.23. The molecule has 0 aliphatic carbocycles. The lowest BCUT2D eigenvalue weighted by atomic mass is 10.2. The van der Waals surface area contributed by atoms with Gasteiger partial charge in [-0.1, -0.05) is 25.1 Å². The number of ether oxygens (including phenoxy) is 1. The van der Waals surface area contributed by atoms with Crippen molar-refractivity contribution >= 4 is 22.4 Å². The number of benzene rings is 2. The SMILES string of the molecule is CCCOc1ccc(-c2csc(NC(=O)c3ccccc3)n2)cc1. The number of anilines is 1. The monoisotopic (exact) mass is 338 g/mol. The van der Waals surface area contributed by atoms with Gasteiger partial charge in [-0.2, -0.15) is 0 Å². The predicted molar refractivity (Wildman–Crippen MR) is 97.7 cm³/mol. The number of nitrogens with zero attached hydrogens (tertiary/aromatic N) is 1. The summed E-state index contributed by atoms with van der Waals surface area (Å²) in [6, 6.07) is 16.9. The summed E-state index contributed by atoms with van der Waals surface area (Å²) in [5, 5.41) is 5.35. The molecule has 0 aliphatic rings. The van der Waals surface area contributed by atoms with Crippen LogP contribution in [0, 0.1) is 0 Å². The first-order valence-corrected chi connectivity index (χ1v) is 8.69. The van der Waals surface area contributed by atoms with Crippen LogP contribution < -0.4 is 10.1 Å². The zero-order valence-corrected chi connectivity index (χ0v) is 14.2. The van der Waals surface area contributed by atoms with Crippen molar-refractivity contribution in [2.45, 2.75) is 13.3 Å². The Morgan fingerprint density at radius 3 is 2.58 bits per heavy atom. The van der Waals surface area contributed by atoms with Crippen LogP contribution in [0.5, 0.6) is 5.75 Å². The van der Waals surface area contributed by atoms with Gasteiger partial charge in [-0.15, -0.1) is 11.3 Å². The molecular weight excluding hydrogens is 320 g/mol. The average Bonchev–Trinajstić information content (AvgIpc) is 3.09. The molecule has 2 aromatic carbocycles. The Bertz CT molecular complexity index is 798. The van der Waals surface area contributed by atoms with Crippen LogP contribution in [-0.4, -0.2) is 17.5 Å². The molecule has 1 aromatic heterocycles. The van der Waals surface area contributed by atoms with Crippen LogP contribution in [0.4, 0.5) is 5.13 Å². The summed E-state index contributed by atoms with van der Waals surface area (Å²) >= 11 is 1.41. The molecule has 1 N–H and O–H groups in total. The second-order valence-corrected chi connectivity index (χ2v) is 6.09. The number of amides is 1. The van der Waals surface area contributed by atoms with E-state index in [9.17, 15) is 4.79 Å². The van der Waals surface area contributed by atoms with Gasteiger partial charge in [0, 0.05) is 16.5 Å². The lowest BCUT2D eigenvalue weighted by Gasteiger charge is -2.04. The molecule has 1 amide bonds. The summed E-state index contributed by atoms with van der Waals surface area (Å²) in [6.45, 7) is 2.79. The van der Waals surface area contributed by atoms with Crippen molar-refractivity contribution in [1.29, 1.82) is 0 Å². The van der Waals surface area contributed by atoms with E-state index in [1.54, 1.807) is 12.1 Å². The minimum Gasteiger partial charge on any atom is -0.494 e. The molecule has 0 unspecified atom stereocenters. The van der Waals surface area contributed by atoms with E-state index in [-0.39, 0.29) is 5.91 Å². The summed E-state index contributed by atoms with van der Waals surface area (Å²) < 4.78 is 5.58. The highest BCUT2D eigenvalue weighted by Crippen LogP contribution is 2.26. The first kappa shape index (κ1) is 16.2. The first-order valence-electron chi connectivity index (χ1n) is 7.81.